The molecule has 0 aliphatic heterocycles. The number of sulfonamides is 1. The van der Waals surface area contributed by atoms with Gasteiger partial charge in [-0.3, -0.25) is 4.31 Å². The summed E-state index contributed by atoms with van der Waals surface area (Å²) >= 11 is 1.56. The molecule has 0 N–H and O–H groups in total. The maximum atomic E-state index is 11.5. The van der Waals surface area contributed by atoms with Crippen LogP contribution in [0.2, 0.25) is 0 Å². The molecule has 0 spiro atoms. The molecule has 0 aliphatic rings. The van der Waals surface area contributed by atoms with Crippen LogP contribution in [0.1, 0.15) is 25.0 Å². The predicted molar refractivity (Wildman–Crippen MR) is 90.8 cm³/mol. The summed E-state index contributed by atoms with van der Waals surface area (Å²) in [5.74, 6) is 0. The number of benzene rings is 1. The molecule has 120 valence electrons. The first-order valence-corrected chi connectivity index (χ1v) is 9.67. The predicted octanol–water partition coefficient (Wildman–Crippen LogP) is 3.30. The van der Waals surface area contributed by atoms with E-state index in [1.807, 2.05) is 31.4 Å². The molecular weight excluding hydrogens is 320 g/mol. The molecule has 7 heteroatoms. The second-order valence-corrected chi connectivity index (χ2v) is 7.85. The van der Waals surface area contributed by atoms with Crippen LogP contribution in [0.25, 0.3) is 11.3 Å². The second-order valence-electron chi connectivity index (χ2n) is 4.95. The van der Waals surface area contributed by atoms with Crippen LogP contribution in [0.15, 0.2) is 29.6 Å². The fourth-order valence-corrected chi connectivity index (χ4v) is 3.30. The van der Waals surface area contributed by atoms with Gasteiger partial charge in [0.05, 0.1) is 17.6 Å². The van der Waals surface area contributed by atoms with E-state index in [0.717, 1.165) is 16.3 Å². The van der Waals surface area contributed by atoms with Crippen LogP contribution in [-0.4, -0.2) is 33.3 Å². The van der Waals surface area contributed by atoms with E-state index in [1.165, 1.54) is 17.6 Å². The highest BCUT2D eigenvalue weighted by atomic mass is 32.2. The Kier molecular flexibility index (Phi) is 5.20. The lowest BCUT2D eigenvalue weighted by atomic mass is 10.1. The third kappa shape index (κ3) is 3.85. The first kappa shape index (κ1) is 16.9. The summed E-state index contributed by atoms with van der Waals surface area (Å²) in [4.78, 5) is 4.58. The average molecular weight is 340 g/mol. The summed E-state index contributed by atoms with van der Waals surface area (Å²) in [7, 11) is -1.71. The van der Waals surface area contributed by atoms with Crippen LogP contribution in [0.3, 0.4) is 0 Å². The fourth-order valence-electron chi connectivity index (χ4n) is 1.96. The number of anilines is 1. The molecule has 0 unspecified atom stereocenters. The first-order valence-electron chi connectivity index (χ1n) is 6.94. The average Bonchev–Trinajstić information content (AvgIpc) is 2.96. The van der Waals surface area contributed by atoms with E-state index in [2.05, 4.69) is 4.98 Å². The molecule has 0 amide bonds. The van der Waals surface area contributed by atoms with Crippen molar-refractivity contribution in [2.45, 2.75) is 20.0 Å². The number of ether oxygens (including phenoxy) is 1. The van der Waals surface area contributed by atoms with Crippen molar-refractivity contribution < 1.29 is 13.2 Å². The van der Waals surface area contributed by atoms with Gasteiger partial charge in [-0.25, -0.2) is 13.4 Å². The second kappa shape index (κ2) is 6.76. The minimum Gasteiger partial charge on any atom is -0.372 e. The molecule has 0 radical (unpaired) electrons. The van der Waals surface area contributed by atoms with Crippen LogP contribution in [0, 0.1) is 0 Å². The minimum atomic E-state index is -3.24. The topological polar surface area (TPSA) is 59.5 Å². The number of thiazole rings is 1. The fraction of sp³-hybridized carbons (Fsp3) is 0.400. The smallest absolute Gasteiger partial charge is 0.231 e. The standard InChI is InChI=1S/C15H20N2O3S2/c1-5-20-11(2)15-16-14(10-21-15)12-6-8-13(9-7-12)17(3)22(4,18)19/h6-11H,5H2,1-4H3/t11-/m1/s1. The normalized spacial score (nSPS) is 13.1. The summed E-state index contributed by atoms with van der Waals surface area (Å²) in [5.41, 5.74) is 2.46. The minimum absolute atomic E-state index is 0.0145. The van der Waals surface area contributed by atoms with Crippen molar-refractivity contribution in [2.75, 3.05) is 24.2 Å². The molecule has 0 saturated heterocycles. The van der Waals surface area contributed by atoms with E-state index in [0.29, 0.717) is 12.3 Å². The molecule has 5 nitrogen and oxygen atoms in total. The molecule has 2 rings (SSSR count). The van der Waals surface area contributed by atoms with Crippen molar-refractivity contribution in [3.05, 3.63) is 34.7 Å². The molecule has 22 heavy (non-hydrogen) atoms. The van der Waals surface area contributed by atoms with Crippen LogP contribution in [0.5, 0.6) is 0 Å². The van der Waals surface area contributed by atoms with Gasteiger partial charge in [-0.15, -0.1) is 11.3 Å². The molecule has 2 aromatic rings. The van der Waals surface area contributed by atoms with Gasteiger partial charge in [-0.05, 0) is 26.0 Å². The Balaban J connectivity index is 2.21. The van der Waals surface area contributed by atoms with E-state index in [9.17, 15) is 8.42 Å². The highest BCUT2D eigenvalue weighted by Crippen LogP contribution is 2.28. The maximum absolute atomic E-state index is 11.5. The van der Waals surface area contributed by atoms with Gasteiger partial charge >= 0.3 is 0 Å². The van der Waals surface area contributed by atoms with Gasteiger partial charge in [0, 0.05) is 24.6 Å². The SMILES string of the molecule is CCO[C@H](C)c1nc(-c2ccc(N(C)S(C)(=O)=O)cc2)cs1. The largest absolute Gasteiger partial charge is 0.372 e. The lowest BCUT2D eigenvalue weighted by molar-refractivity contribution is 0.0762. The lowest BCUT2D eigenvalue weighted by Gasteiger charge is -2.16. The Hall–Kier alpha value is -1.44. The van der Waals surface area contributed by atoms with Crippen molar-refractivity contribution in [2.24, 2.45) is 0 Å². The quantitative estimate of drug-likeness (QED) is 0.809. The zero-order chi connectivity index (χ0) is 16.3. The number of rotatable bonds is 6. The number of aromatic nitrogens is 1. The number of hydrogen-bond donors (Lipinski definition) is 0. The molecule has 1 aromatic carbocycles. The van der Waals surface area contributed by atoms with Gasteiger partial charge in [0.15, 0.2) is 0 Å². The van der Waals surface area contributed by atoms with E-state index < -0.39 is 10.0 Å². The van der Waals surface area contributed by atoms with Gasteiger partial charge < -0.3 is 4.74 Å². The molecule has 0 aliphatic carbocycles. The van der Waals surface area contributed by atoms with Crippen LogP contribution < -0.4 is 4.31 Å². The van der Waals surface area contributed by atoms with Crippen LogP contribution >= 0.6 is 11.3 Å². The van der Waals surface area contributed by atoms with Gasteiger partial charge in [0.1, 0.15) is 11.1 Å². The summed E-state index contributed by atoms with van der Waals surface area (Å²) in [6, 6.07) is 7.31. The highest BCUT2D eigenvalue weighted by Gasteiger charge is 2.14. The van der Waals surface area contributed by atoms with E-state index >= 15 is 0 Å². The Bertz CT molecular complexity index is 724. The van der Waals surface area contributed by atoms with Crippen molar-refractivity contribution in [1.82, 2.24) is 4.98 Å². The first-order chi connectivity index (χ1) is 10.3. The Labute approximate surface area is 135 Å². The summed E-state index contributed by atoms with van der Waals surface area (Å²) in [6.45, 7) is 4.60. The van der Waals surface area contributed by atoms with E-state index in [1.54, 1.807) is 23.5 Å². The zero-order valence-corrected chi connectivity index (χ0v) is 14.7. The summed E-state index contributed by atoms with van der Waals surface area (Å²) in [5, 5.41) is 2.93. The van der Waals surface area contributed by atoms with Crippen molar-refractivity contribution >= 4 is 27.0 Å². The number of hydrogen-bond acceptors (Lipinski definition) is 5. The highest BCUT2D eigenvalue weighted by molar-refractivity contribution is 7.92. The Morgan fingerprint density at radius 3 is 2.50 bits per heavy atom. The molecule has 1 atom stereocenters. The van der Waals surface area contributed by atoms with Crippen molar-refractivity contribution in [3.8, 4) is 11.3 Å². The van der Waals surface area contributed by atoms with Gasteiger partial charge in [-0.1, -0.05) is 12.1 Å². The van der Waals surface area contributed by atoms with E-state index in [4.69, 9.17) is 4.74 Å². The van der Waals surface area contributed by atoms with E-state index in [-0.39, 0.29) is 6.10 Å². The Morgan fingerprint density at radius 1 is 1.32 bits per heavy atom. The van der Waals surface area contributed by atoms with Crippen LogP contribution in [0.4, 0.5) is 5.69 Å². The summed E-state index contributed by atoms with van der Waals surface area (Å²) in [6.07, 6.45) is 1.17. The number of nitrogens with zero attached hydrogens (tertiary/aromatic N) is 2. The zero-order valence-electron chi connectivity index (χ0n) is 13.1. The molecule has 0 fully saturated rings. The lowest BCUT2D eigenvalue weighted by Crippen LogP contribution is -2.24. The maximum Gasteiger partial charge on any atom is 0.231 e. The van der Waals surface area contributed by atoms with Gasteiger partial charge in [0.25, 0.3) is 0 Å². The third-order valence-electron chi connectivity index (χ3n) is 3.31. The monoisotopic (exact) mass is 340 g/mol. The van der Waals surface area contributed by atoms with Gasteiger partial charge in [-0.2, -0.15) is 0 Å². The molecule has 1 aromatic heterocycles. The van der Waals surface area contributed by atoms with Crippen molar-refractivity contribution in [1.29, 1.82) is 0 Å². The third-order valence-corrected chi connectivity index (χ3v) is 5.52. The van der Waals surface area contributed by atoms with Gasteiger partial charge in [0.2, 0.25) is 10.0 Å². The Morgan fingerprint density at radius 2 is 1.95 bits per heavy atom. The van der Waals surface area contributed by atoms with Crippen LogP contribution in [-0.2, 0) is 14.8 Å². The molecule has 0 saturated carbocycles. The molecule has 1 heterocycles. The molecule has 0 bridgehead atoms. The van der Waals surface area contributed by atoms with Crippen molar-refractivity contribution in [3.63, 3.8) is 0 Å². The molecular formula is C15H20N2O3S2. The summed E-state index contributed by atoms with van der Waals surface area (Å²) < 4.78 is 29.8.